The number of carboxylic acids is 1. The monoisotopic (exact) mass is 281 g/mol. The molecule has 19 heavy (non-hydrogen) atoms. The first-order valence-corrected chi connectivity index (χ1v) is 7.37. The molecular weight excluding hydrogens is 262 g/mol. The Kier molecular flexibility index (Phi) is 4.42. The van der Waals surface area contributed by atoms with Crippen LogP contribution in [-0.4, -0.2) is 52.3 Å². The van der Waals surface area contributed by atoms with E-state index >= 15 is 0 Å². The number of nitrogens with zero attached hydrogens (tertiary/aromatic N) is 3. The summed E-state index contributed by atoms with van der Waals surface area (Å²) in [6.07, 6.45) is 2.24. The van der Waals surface area contributed by atoms with E-state index in [0.29, 0.717) is 16.6 Å². The first kappa shape index (κ1) is 14.3. The lowest BCUT2D eigenvalue weighted by atomic mass is 10.2. The summed E-state index contributed by atoms with van der Waals surface area (Å²) in [6, 6.07) is 0. The lowest BCUT2D eigenvalue weighted by Crippen LogP contribution is -2.16. The van der Waals surface area contributed by atoms with Gasteiger partial charge in [-0.05, 0) is 33.9 Å². The molecule has 2 rings (SSSR count). The molecule has 1 N–H and O–H groups in total. The molecule has 0 unspecified atom stereocenters. The molecule has 104 valence electrons. The summed E-state index contributed by atoms with van der Waals surface area (Å²) in [7, 11) is 4.00. The van der Waals surface area contributed by atoms with Gasteiger partial charge >= 0.3 is 5.97 Å². The van der Waals surface area contributed by atoms with Gasteiger partial charge in [0.05, 0.1) is 5.69 Å². The number of hydrogen-bond acceptors (Lipinski definition) is 5. The van der Waals surface area contributed by atoms with Crippen LogP contribution in [0.25, 0.3) is 0 Å². The number of carboxylic acid groups (broad SMARTS) is 1. The first-order valence-electron chi connectivity index (χ1n) is 6.38. The van der Waals surface area contributed by atoms with Crippen LogP contribution in [0, 0.1) is 6.92 Å². The predicted molar refractivity (Wildman–Crippen MR) is 75.0 cm³/mol. The van der Waals surface area contributed by atoms with Crippen LogP contribution in [0.5, 0.6) is 0 Å². The Morgan fingerprint density at radius 3 is 2.63 bits per heavy atom. The van der Waals surface area contributed by atoms with Gasteiger partial charge in [0.25, 0.3) is 0 Å². The van der Waals surface area contributed by atoms with Gasteiger partial charge in [-0.2, -0.15) is 0 Å². The van der Waals surface area contributed by atoms with Crippen LogP contribution in [0.1, 0.15) is 40.6 Å². The van der Waals surface area contributed by atoms with Crippen molar-refractivity contribution in [2.75, 3.05) is 26.4 Å². The van der Waals surface area contributed by atoms with E-state index < -0.39 is 5.97 Å². The Balaban J connectivity index is 2.23. The number of rotatable bonds is 6. The first-order chi connectivity index (χ1) is 8.99. The van der Waals surface area contributed by atoms with Crippen molar-refractivity contribution in [3.05, 3.63) is 17.1 Å². The maximum atomic E-state index is 11.3. The maximum absolute atomic E-state index is 11.3. The highest BCUT2D eigenvalue weighted by Crippen LogP contribution is 2.39. The van der Waals surface area contributed by atoms with Crippen molar-refractivity contribution in [1.82, 2.24) is 14.9 Å². The Hall–Kier alpha value is -1.14. The smallest absolute Gasteiger partial charge is 0.340 e. The van der Waals surface area contributed by atoms with E-state index in [1.54, 1.807) is 6.92 Å². The third-order valence-electron chi connectivity index (χ3n) is 3.01. The van der Waals surface area contributed by atoms with Crippen molar-refractivity contribution in [1.29, 1.82) is 0 Å². The van der Waals surface area contributed by atoms with E-state index in [4.69, 9.17) is 0 Å². The summed E-state index contributed by atoms with van der Waals surface area (Å²) >= 11 is 1.50. The zero-order valence-corrected chi connectivity index (χ0v) is 12.3. The van der Waals surface area contributed by atoms with Crippen molar-refractivity contribution in [3.8, 4) is 0 Å². The summed E-state index contributed by atoms with van der Waals surface area (Å²) in [5.41, 5.74) is 0.838. The minimum atomic E-state index is -0.938. The number of thioether (sulfide) groups is 1. The molecule has 1 fully saturated rings. The SMILES string of the molecule is Cc1nc(C2CC2)nc(SCCN(C)C)c1C(=O)O. The Labute approximate surface area is 117 Å². The molecule has 1 aromatic rings. The molecule has 0 saturated heterocycles. The van der Waals surface area contributed by atoms with Gasteiger partial charge in [0.15, 0.2) is 0 Å². The molecule has 5 nitrogen and oxygen atoms in total. The summed E-state index contributed by atoms with van der Waals surface area (Å²) in [6.45, 7) is 2.65. The van der Waals surface area contributed by atoms with Gasteiger partial charge in [-0.1, -0.05) is 0 Å². The molecule has 1 aliphatic carbocycles. The summed E-state index contributed by atoms with van der Waals surface area (Å²) in [5, 5.41) is 9.91. The minimum Gasteiger partial charge on any atom is -0.478 e. The molecule has 0 aliphatic heterocycles. The minimum absolute atomic E-state index is 0.258. The highest BCUT2D eigenvalue weighted by Gasteiger charge is 2.29. The van der Waals surface area contributed by atoms with E-state index in [0.717, 1.165) is 31.0 Å². The van der Waals surface area contributed by atoms with Crippen LogP contribution in [0.2, 0.25) is 0 Å². The van der Waals surface area contributed by atoms with Crippen LogP contribution in [-0.2, 0) is 0 Å². The van der Waals surface area contributed by atoms with E-state index in [1.807, 2.05) is 14.1 Å². The molecule has 0 aromatic carbocycles. The standard InChI is InChI=1S/C13H19N3O2S/c1-8-10(13(17)18)12(19-7-6-16(2)3)15-11(14-8)9-4-5-9/h9H,4-7H2,1-3H3,(H,17,18). The van der Waals surface area contributed by atoms with Crippen molar-refractivity contribution >= 4 is 17.7 Å². The van der Waals surface area contributed by atoms with Crippen LogP contribution in [0.4, 0.5) is 0 Å². The van der Waals surface area contributed by atoms with Gasteiger partial charge in [-0.25, -0.2) is 14.8 Å². The third kappa shape index (κ3) is 3.67. The molecule has 0 radical (unpaired) electrons. The second-order valence-electron chi connectivity index (χ2n) is 5.08. The van der Waals surface area contributed by atoms with Gasteiger partial charge in [0.2, 0.25) is 0 Å². The predicted octanol–water partition coefficient (Wildman–Crippen LogP) is 2.01. The maximum Gasteiger partial charge on any atom is 0.340 e. The highest BCUT2D eigenvalue weighted by atomic mass is 32.2. The molecule has 1 aliphatic rings. The Morgan fingerprint density at radius 1 is 1.42 bits per heavy atom. The van der Waals surface area contributed by atoms with Gasteiger partial charge in [-0.3, -0.25) is 0 Å². The quantitative estimate of drug-likeness (QED) is 0.635. The summed E-state index contributed by atoms with van der Waals surface area (Å²) in [5.74, 6) is 1.14. The van der Waals surface area contributed by atoms with Crippen molar-refractivity contribution in [3.63, 3.8) is 0 Å². The molecule has 0 amide bonds. The van der Waals surface area contributed by atoms with Crippen LogP contribution >= 0.6 is 11.8 Å². The fraction of sp³-hybridized carbons (Fsp3) is 0.615. The van der Waals surface area contributed by atoms with Crippen molar-refractivity contribution < 1.29 is 9.90 Å². The number of carbonyl (C=O) groups is 1. The number of hydrogen-bond donors (Lipinski definition) is 1. The average Bonchev–Trinajstić information content (AvgIpc) is 3.10. The normalized spacial score (nSPS) is 14.9. The number of aryl methyl sites for hydroxylation is 1. The van der Waals surface area contributed by atoms with Crippen LogP contribution in [0.15, 0.2) is 5.03 Å². The van der Waals surface area contributed by atoms with Crippen LogP contribution < -0.4 is 0 Å². The molecule has 0 atom stereocenters. The van der Waals surface area contributed by atoms with E-state index in [-0.39, 0.29) is 5.56 Å². The van der Waals surface area contributed by atoms with Crippen molar-refractivity contribution in [2.24, 2.45) is 0 Å². The number of aromatic carboxylic acids is 1. The van der Waals surface area contributed by atoms with Gasteiger partial charge < -0.3 is 10.0 Å². The molecule has 0 bridgehead atoms. The van der Waals surface area contributed by atoms with E-state index in [2.05, 4.69) is 14.9 Å². The molecule has 1 heterocycles. The average molecular weight is 281 g/mol. The fourth-order valence-electron chi connectivity index (χ4n) is 1.77. The number of aromatic nitrogens is 2. The fourth-order valence-corrected chi connectivity index (χ4v) is 2.95. The largest absolute Gasteiger partial charge is 0.478 e. The molecule has 0 spiro atoms. The van der Waals surface area contributed by atoms with E-state index in [1.165, 1.54) is 11.8 Å². The summed E-state index contributed by atoms with van der Waals surface area (Å²) in [4.78, 5) is 22.2. The van der Waals surface area contributed by atoms with E-state index in [9.17, 15) is 9.90 Å². The zero-order chi connectivity index (χ0) is 14.0. The second kappa shape index (κ2) is 5.88. The molecule has 6 heteroatoms. The highest BCUT2D eigenvalue weighted by molar-refractivity contribution is 7.99. The third-order valence-corrected chi connectivity index (χ3v) is 3.96. The second-order valence-corrected chi connectivity index (χ2v) is 6.16. The molecule has 1 saturated carbocycles. The topological polar surface area (TPSA) is 66.3 Å². The van der Waals surface area contributed by atoms with Gasteiger partial charge in [0, 0.05) is 18.2 Å². The lowest BCUT2D eigenvalue weighted by Gasteiger charge is -2.12. The lowest BCUT2D eigenvalue weighted by molar-refractivity contribution is 0.0690. The Bertz CT molecular complexity index is 487. The molecule has 1 aromatic heterocycles. The zero-order valence-electron chi connectivity index (χ0n) is 11.5. The van der Waals surface area contributed by atoms with Gasteiger partial charge in [-0.15, -0.1) is 11.8 Å². The van der Waals surface area contributed by atoms with Crippen LogP contribution in [0.3, 0.4) is 0 Å². The summed E-state index contributed by atoms with van der Waals surface area (Å²) < 4.78 is 0. The van der Waals surface area contributed by atoms with Crippen molar-refractivity contribution in [2.45, 2.75) is 30.7 Å². The molecular formula is C13H19N3O2S. The Morgan fingerprint density at radius 2 is 2.11 bits per heavy atom. The van der Waals surface area contributed by atoms with Gasteiger partial charge in [0.1, 0.15) is 16.4 Å².